The Hall–Kier alpha value is -3.28. The first-order valence-electron chi connectivity index (χ1n) is 10.9. The highest BCUT2D eigenvalue weighted by Gasteiger charge is 2.26. The van der Waals surface area contributed by atoms with Gasteiger partial charge in [-0.3, -0.25) is 4.79 Å². The molecule has 4 rings (SSSR count). The molecule has 1 aliphatic heterocycles. The van der Waals surface area contributed by atoms with E-state index in [1.165, 1.54) is 24.9 Å². The van der Waals surface area contributed by atoms with Gasteiger partial charge in [-0.2, -0.15) is 13.2 Å². The molecular weight excluding hydrogens is 486 g/mol. The second-order valence-electron chi connectivity index (χ2n) is 7.96. The van der Waals surface area contributed by atoms with Crippen molar-refractivity contribution >= 4 is 44.7 Å². The molecule has 0 aliphatic carbocycles. The summed E-state index contributed by atoms with van der Waals surface area (Å²) >= 11 is 0. The van der Waals surface area contributed by atoms with E-state index in [2.05, 4.69) is 20.6 Å². The summed E-state index contributed by atoms with van der Waals surface area (Å²) in [5, 5.41) is 5.98. The monoisotopic (exact) mass is 509 g/mol. The molecule has 1 aliphatic rings. The maximum absolute atomic E-state index is 13.9. The SMILES string of the molecule is Cc1cc(N=S2CCC2)cc2ncnc(Nc3ccc(F)cc3OCC(=O)NCCC(F)(F)F)c12. The van der Waals surface area contributed by atoms with Crippen LogP contribution in [0.4, 0.5) is 34.8 Å². The van der Waals surface area contributed by atoms with Crippen LogP contribution in [0.2, 0.25) is 0 Å². The number of nitrogens with zero attached hydrogens (tertiary/aromatic N) is 3. The first kappa shape index (κ1) is 24.8. The van der Waals surface area contributed by atoms with Crippen LogP contribution in [0.1, 0.15) is 18.4 Å². The molecule has 0 radical (unpaired) electrons. The average Bonchev–Trinajstić information content (AvgIpc) is 2.75. The van der Waals surface area contributed by atoms with Crippen molar-refractivity contribution < 1.29 is 27.1 Å². The van der Waals surface area contributed by atoms with Gasteiger partial charge in [0.2, 0.25) is 0 Å². The number of nitrogens with one attached hydrogen (secondary N) is 2. The number of amides is 1. The zero-order chi connectivity index (χ0) is 25.0. The Morgan fingerprint density at radius 1 is 1.20 bits per heavy atom. The molecule has 0 atom stereocenters. The van der Waals surface area contributed by atoms with Crippen LogP contribution >= 0.6 is 0 Å². The summed E-state index contributed by atoms with van der Waals surface area (Å²) in [6.45, 7) is 0.779. The molecule has 12 heteroatoms. The van der Waals surface area contributed by atoms with E-state index in [0.29, 0.717) is 17.0 Å². The molecule has 0 bridgehead atoms. The minimum atomic E-state index is -4.38. The number of aryl methyl sites for hydroxylation is 1. The first-order valence-corrected chi connectivity index (χ1v) is 12.4. The third kappa shape index (κ3) is 6.65. The number of ether oxygens (including phenoxy) is 1. The summed E-state index contributed by atoms with van der Waals surface area (Å²) in [6.07, 6.45) is -2.93. The number of anilines is 2. The van der Waals surface area contributed by atoms with Gasteiger partial charge in [-0.1, -0.05) is 10.7 Å². The number of rotatable bonds is 8. The number of benzene rings is 2. The Bertz CT molecular complexity index is 1280. The maximum Gasteiger partial charge on any atom is 0.390 e. The zero-order valence-corrected chi connectivity index (χ0v) is 19.6. The number of alkyl halides is 3. The van der Waals surface area contributed by atoms with Crippen molar-refractivity contribution in [2.75, 3.05) is 30.0 Å². The van der Waals surface area contributed by atoms with Gasteiger partial charge in [-0.15, -0.1) is 0 Å². The normalized spacial score (nSPS) is 13.9. The van der Waals surface area contributed by atoms with Crippen molar-refractivity contribution in [2.45, 2.75) is 25.9 Å². The van der Waals surface area contributed by atoms with E-state index >= 15 is 0 Å². The third-order valence-electron chi connectivity index (χ3n) is 5.20. The highest BCUT2D eigenvalue weighted by atomic mass is 32.2. The van der Waals surface area contributed by atoms with E-state index < -0.39 is 37.5 Å². The van der Waals surface area contributed by atoms with Gasteiger partial charge in [0.1, 0.15) is 23.7 Å². The number of fused-ring (bicyclic) bond motifs is 1. The summed E-state index contributed by atoms with van der Waals surface area (Å²) in [5.74, 6) is 1.34. The van der Waals surface area contributed by atoms with Gasteiger partial charge in [0.15, 0.2) is 6.61 Å². The molecule has 1 amide bonds. The van der Waals surface area contributed by atoms with Crippen LogP contribution < -0.4 is 15.4 Å². The van der Waals surface area contributed by atoms with Crippen LogP contribution in [0.15, 0.2) is 41.0 Å². The Labute approximate surface area is 201 Å². The summed E-state index contributed by atoms with van der Waals surface area (Å²) in [6, 6.07) is 7.59. The summed E-state index contributed by atoms with van der Waals surface area (Å²) in [4.78, 5) is 20.5. The van der Waals surface area contributed by atoms with Crippen LogP contribution in [0.5, 0.6) is 5.75 Å². The Morgan fingerprint density at radius 3 is 2.71 bits per heavy atom. The van der Waals surface area contributed by atoms with E-state index in [0.717, 1.165) is 34.2 Å². The minimum Gasteiger partial charge on any atom is -0.481 e. The van der Waals surface area contributed by atoms with Crippen LogP contribution in [0, 0.1) is 12.7 Å². The molecular formula is C23H23F4N5O2S. The van der Waals surface area contributed by atoms with Gasteiger partial charge < -0.3 is 15.4 Å². The average molecular weight is 510 g/mol. The molecule has 186 valence electrons. The lowest BCUT2D eigenvalue weighted by atomic mass is 10.1. The van der Waals surface area contributed by atoms with E-state index in [1.807, 2.05) is 19.1 Å². The van der Waals surface area contributed by atoms with Crippen molar-refractivity contribution in [2.24, 2.45) is 4.36 Å². The second kappa shape index (κ2) is 10.5. The number of hydrogen-bond donors (Lipinski definition) is 2. The predicted octanol–water partition coefficient (Wildman–Crippen LogP) is 5.11. The maximum atomic E-state index is 13.9. The van der Waals surface area contributed by atoms with Crippen molar-refractivity contribution in [1.82, 2.24) is 15.3 Å². The molecule has 1 aromatic heterocycles. The highest BCUT2D eigenvalue weighted by molar-refractivity contribution is 7.88. The standard InChI is InChI=1S/C23H23F4N5O2S/c1-14-9-16(32-35-7-2-8-35)11-18-21(14)22(30-13-29-18)31-17-4-3-15(24)10-19(17)34-12-20(33)28-6-5-23(25,26)27/h3-4,9-11,13H,2,5-8,12H2,1H3,(H,28,33)(H,29,30,31). The number of hydrogen-bond acceptors (Lipinski definition) is 6. The van der Waals surface area contributed by atoms with Crippen LogP contribution in [-0.4, -0.2) is 46.7 Å². The van der Waals surface area contributed by atoms with Crippen LogP contribution in [0.3, 0.4) is 0 Å². The fourth-order valence-corrected chi connectivity index (χ4v) is 4.55. The Balaban J connectivity index is 1.52. The molecule has 2 N–H and O–H groups in total. The lowest BCUT2D eigenvalue weighted by Gasteiger charge is -2.17. The molecule has 1 saturated heterocycles. The van der Waals surface area contributed by atoms with Crippen molar-refractivity contribution in [3.05, 3.63) is 48.0 Å². The van der Waals surface area contributed by atoms with Crippen molar-refractivity contribution in [3.63, 3.8) is 0 Å². The number of aromatic nitrogens is 2. The first-order chi connectivity index (χ1) is 16.7. The van der Waals surface area contributed by atoms with Crippen LogP contribution in [0.25, 0.3) is 10.9 Å². The van der Waals surface area contributed by atoms with Gasteiger partial charge in [-0.05, 0) is 43.2 Å². The zero-order valence-electron chi connectivity index (χ0n) is 18.8. The molecule has 7 nitrogen and oxygen atoms in total. The largest absolute Gasteiger partial charge is 0.481 e. The molecule has 0 spiro atoms. The van der Waals surface area contributed by atoms with Gasteiger partial charge >= 0.3 is 6.18 Å². The smallest absolute Gasteiger partial charge is 0.390 e. The van der Waals surface area contributed by atoms with Crippen molar-refractivity contribution in [3.8, 4) is 5.75 Å². The Morgan fingerprint density at radius 2 is 2.00 bits per heavy atom. The Kier molecular flexibility index (Phi) is 7.48. The topological polar surface area (TPSA) is 88.5 Å². The van der Waals surface area contributed by atoms with Crippen LogP contribution in [-0.2, 0) is 15.5 Å². The molecule has 2 aromatic carbocycles. The number of carbonyl (C=O) groups excluding carboxylic acids is 1. The second-order valence-corrected chi connectivity index (χ2v) is 9.89. The molecule has 0 saturated carbocycles. The van der Waals surface area contributed by atoms with E-state index in [-0.39, 0.29) is 16.4 Å². The lowest BCUT2D eigenvalue weighted by molar-refractivity contribution is -0.136. The summed E-state index contributed by atoms with van der Waals surface area (Å²) in [5.41, 5.74) is 2.80. The summed E-state index contributed by atoms with van der Waals surface area (Å²) < 4.78 is 60.8. The number of carbonyl (C=O) groups is 1. The lowest BCUT2D eigenvalue weighted by Crippen LogP contribution is -2.32. The van der Waals surface area contributed by atoms with Gasteiger partial charge in [-0.25, -0.2) is 18.7 Å². The molecule has 35 heavy (non-hydrogen) atoms. The van der Waals surface area contributed by atoms with Gasteiger partial charge in [0.25, 0.3) is 5.91 Å². The molecule has 1 fully saturated rings. The predicted molar refractivity (Wildman–Crippen MR) is 127 cm³/mol. The molecule has 0 unspecified atom stereocenters. The van der Waals surface area contributed by atoms with E-state index in [4.69, 9.17) is 9.10 Å². The highest BCUT2D eigenvalue weighted by Crippen LogP contribution is 2.34. The molecule has 2 heterocycles. The fraction of sp³-hybridized carbons (Fsp3) is 0.348. The van der Waals surface area contributed by atoms with Gasteiger partial charge in [0.05, 0.1) is 23.3 Å². The van der Waals surface area contributed by atoms with Gasteiger partial charge in [0, 0.05) is 29.5 Å². The third-order valence-corrected chi connectivity index (χ3v) is 7.19. The number of halogens is 4. The van der Waals surface area contributed by atoms with E-state index in [9.17, 15) is 22.4 Å². The molecule has 3 aromatic rings. The quantitative estimate of drug-likeness (QED) is 0.412. The van der Waals surface area contributed by atoms with Crippen molar-refractivity contribution in [1.29, 1.82) is 0 Å². The summed E-state index contributed by atoms with van der Waals surface area (Å²) in [7, 11) is 0.0715. The van der Waals surface area contributed by atoms with E-state index in [1.54, 1.807) is 0 Å². The fourth-order valence-electron chi connectivity index (χ4n) is 3.42. The minimum absolute atomic E-state index is 0.0122.